The summed E-state index contributed by atoms with van der Waals surface area (Å²) in [5.41, 5.74) is 11.1. The molecular weight excluding hydrogens is 152 g/mol. The van der Waals surface area contributed by atoms with E-state index in [1.165, 1.54) is 0 Å². The summed E-state index contributed by atoms with van der Waals surface area (Å²) in [5, 5.41) is 0. The molecule has 1 aliphatic rings. The van der Waals surface area contributed by atoms with Gasteiger partial charge in [0.15, 0.2) is 0 Å². The van der Waals surface area contributed by atoms with E-state index in [1.807, 2.05) is 9.80 Å². The van der Waals surface area contributed by atoms with E-state index in [0.717, 1.165) is 26.2 Å². The molecule has 0 spiro atoms. The number of hydrogen-bond donors (Lipinski definition) is 2. The van der Waals surface area contributed by atoms with Crippen LogP contribution in [0.25, 0.3) is 0 Å². The van der Waals surface area contributed by atoms with Crippen LogP contribution in [0.3, 0.4) is 0 Å². The lowest BCUT2D eigenvalue weighted by atomic mass is 10.3. The quantitative estimate of drug-likeness (QED) is 0.581. The topological polar surface area (TPSA) is 58.5 Å². The zero-order valence-electron chi connectivity index (χ0n) is 7.29. The summed E-state index contributed by atoms with van der Waals surface area (Å²) in [6.07, 6.45) is 0. The molecule has 0 radical (unpaired) electrons. The van der Waals surface area contributed by atoms with Crippen LogP contribution in [-0.4, -0.2) is 36.0 Å². The van der Waals surface area contributed by atoms with Crippen LogP contribution in [0.4, 0.5) is 0 Å². The van der Waals surface area contributed by atoms with Gasteiger partial charge < -0.3 is 21.3 Å². The molecule has 0 unspecified atom stereocenters. The Hall–Kier alpha value is -1.32. The van der Waals surface area contributed by atoms with Crippen LogP contribution < -0.4 is 11.5 Å². The Morgan fingerprint density at radius 1 is 0.833 bits per heavy atom. The summed E-state index contributed by atoms with van der Waals surface area (Å²) >= 11 is 0. The monoisotopic (exact) mass is 168 g/mol. The van der Waals surface area contributed by atoms with Crippen molar-refractivity contribution < 1.29 is 0 Å². The van der Waals surface area contributed by atoms with Crippen molar-refractivity contribution in [2.24, 2.45) is 11.5 Å². The van der Waals surface area contributed by atoms with E-state index in [9.17, 15) is 0 Å². The van der Waals surface area contributed by atoms with Gasteiger partial charge in [-0.3, -0.25) is 0 Å². The van der Waals surface area contributed by atoms with Crippen molar-refractivity contribution in [3.8, 4) is 0 Å². The van der Waals surface area contributed by atoms with Crippen molar-refractivity contribution in [2.45, 2.75) is 0 Å². The van der Waals surface area contributed by atoms with Gasteiger partial charge in [0, 0.05) is 26.2 Å². The minimum absolute atomic E-state index is 0.636. The molecule has 1 saturated heterocycles. The summed E-state index contributed by atoms with van der Waals surface area (Å²) in [5.74, 6) is 1.27. The average Bonchev–Trinajstić information content (AvgIpc) is 2.04. The van der Waals surface area contributed by atoms with Gasteiger partial charge in [-0.05, 0) is 0 Å². The fourth-order valence-corrected chi connectivity index (χ4v) is 1.28. The molecule has 0 bridgehead atoms. The number of nitrogens with zero attached hydrogens (tertiary/aromatic N) is 2. The zero-order chi connectivity index (χ0) is 9.14. The number of hydrogen-bond acceptors (Lipinski definition) is 4. The van der Waals surface area contributed by atoms with Crippen molar-refractivity contribution in [3.63, 3.8) is 0 Å². The van der Waals surface area contributed by atoms with E-state index in [0.29, 0.717) is 11.6 Å². The third-order valence-electron chi connectivity index (χ3n) is 2.09. The highest BCUT2D eigenvalue weighted by atomic mass is 15.3. The fourth-order valence-electron chi connectivity index (χ4n) is 1.28. The van der Waals surface area contributed by atoms with Crippen LogP contribution >= 0.6 is 0 Å². The number of nitrogens with two attached hydrogens (primary N) is 2. The van der Waals surface area contributed by atoms with E-state index in [1.54, 1.807) is 0 Å². The van der Waals surface area contributed by atoms with Crippen LogP contribution in [-0.2, 0) is 0 Å². The molecule has 4 N–H and O–H groups in total. The molecule has 0 atom stereocenters. The molecule has 1 aliphatic heterocycles. The van der Waals surface area contributed by atoms with Gasteiger partial charge in [0.05, 0.1) is 11.6 Å². The molecule has 0 aromatic carbocycles. The highest BCUT2D eigenvalue weighted by molar-refractivity contribution is 4.95. The average molecular weight is 168 g/mol. The minimum Gasteiger partial charge on any atom is -0.386 e. The first-order valence-corrected chi connectivity index (χ1v) is 4.00. The second-order valence-electron chi connectivity index (χ2n) is 2.96. The van der Waals surface area contributed by atoms with Crippen LogP contribution in [0, 0.1) is 0 Å². The van der Waals surface area contributed by atoms with Gasteiger partial charge in [-0.2, -0.15) is 0 Å². The first kappa shape index (κ1) is 8.77. The first-order valence-electron chi connectivity index (χ1n) is 4.00. The molecule has 0 aromatic heterocycles. The Labute approximate surface area is 73.1 Å². The maximum absolute atomic E-state index is 5.55. The van der Waals surface area contributed by atoms with Crippen LogP contribution in [0.15, 0.2) is 24.8 Å². The summed E-state index contributed by atoms with van der Waals surface area (Å²) < 4.78 is 0. The van der Waals surface area contributed by atoms with E-state index in [4.69, 9.17) is 11.5 Å². The van der Waals surface area contributed by atoms with Gasteiger partial charge in [0.1, 0.15) is 0 Å². The molecule has 1 rings (SSSR count). The van der Waals surface area contributed by atoms with Gasteiger partial charge >= 0.3 is 0 Å². The minimum atomic E-state index is 0.636. The Morgan fingerprint density at radius 2 is 1.08 bits per heavy atom. The van der Waals surface area contributed by atoms with E-state index >= 15 is 0 Å². The predicted octanol–water partition coefficient (Wildman–Crippen LogP) is -0.536. The molecule has 0 saturated carbocycles. The molecule has 0 aromatic rings. The lowest BCUT2D eigenvalue weighted by Crippen LogP contribution is -2.47. The fraction of sp³-hybridized carbons (Fsp3) is 0.500. The Balaban J connectivity index is 2.39. The lowest BCUT2D eigenvalue weighted by Gasteiger charge is -2.36. The molecule has 1 fully saturated rings. The SMILES string of the molecule is C=C(N)N1CCN(C(=C)N)CC1. The van der Waals surface area contributed by atoms with Gasteiger partial charge in [0.25, 0.3) is 0 Å². The molecule has 0 aliphatic carbocycles. The third kappa shape index (κ3) is 1.84. The summed E-state index contributed by atoms with van der Waals surface area (Å²) in [6.45, 7) is 10.9. The highest BCUT2D eigenvalue weighted by Crippen LogP contribution is 2.05. The molecule has 12 heavy (non-hydrogen) atoms. The van der Waals surface area contributed by atoms with Crippen molar-refractivity contribution >= 4 is 0 Å². The molecule has 4 nitrogen and oxygen atoms in total. The third-order valence-corrected chi connectivity index (χ3v) is 2.09. The molecular formula is C8H16N4. The van der Waals surface area contributed by atoms with E-state index < -0.39 is 0 Å². The van der Waals surface area contributed by atoms with Crippen molar-refractivity contribution in [2.75, 3.05) is 26.2 Å². The van der Waals surface area contributed by atoms with Crippen LogP contribution in [0.2, 0.25) is 0 Å². The summed E-state index contributed by atoms with van der Waals surface area (Å²) in [7, 11) is 0. The number of piperazine rings is 1. The highest BCUT2D eigenvalue weighted by Gasteiger charge is 2.15. The molecule has 4 heteroatoms. The number of rotatable bonds is 2. The Bertz CT molecular complexity index is 169. The predicted molar refractivity (Wildman–Crippen MR) is 49.8 cm³/mol. The largest absolute Gasteiger partial charge is 0.386 e. The van der Waals surface area contributed by atoms with Crippen LogP contribution in [0.5, 0.6) is 0 Å². The van der Waals surface area contributed by atoms with Gasteiger partial charge in [-0.1, -0.05) is 13.2 Å². The Kier molecular flexibility index (Phi) is 2.47. The smallest absolute Gasteiger partial charge is 0.0913 e. The van der Waals surface area contributed by atoms with E-state index in [2.05, 4.69) is 13.2 Å². The van der Waals surface area contributed by atoms with Gasteiger partial charge in [-0.15, -0.1) is 0 Å². The zero-order valence-corrected chi connectivity index (χ0v) is 7.29. The molecule has 1 heterocycles. The molecule has 68 valence electrons. The summed E-state index contributed by atoms with van der Waals surface area (Å²) in [4.78, 5) is 4.08. The normalized spacial score (nSPS) is 17.7. The second-order valence-corrected chi connectivity index (χ2v) is 2.96. The maximum Gasteiger partial charge on any atom is 0.0913 e. The second kappa shape index (κ2) is 3.38. The van der Waals surface area contributed by atoms with E-state index in [-0.39, 0.29) is 0 Å². The van der Waals surface area contributed by atoms with Crippen molar-refractivity contribution in [3.05, 3.63) is 24.8 Å². The summed E-state index contributed by atoms with van der Waals surface area (Å²) in [6, 6.07) is 0. The van der Waals surface area contributed by atoms with Crippen LogP contribution in [0.1, 0.15) is 0 Å². The molecule has 0 amide bonds. The van der Waals surface area contributed by atoms with Crippen molar-refractivity contribution in [1.82, 2.24) is 9.80 Å². The first-order chi connectivity index (χ1) is 5.61. The van der Waals surface area contributed by atoms with Gasteiger partial charge in [-0.25, -0.2) is 0 Å². The maximum atomic E-state index is 5.55. The lowest BCUT2D eigenvalue weighted by molar-refractivity contribution is 0.190. The van der Waals surface area contributed by atoms with Gasteiger partial charge in [0.2, 0.25) is 0 Å². The van der Waals surface area contributed by atoms with Crippen molar-refractivity contribution in [1.29, 1.82) is 0 Å². The Morgan fingerprint density at radius 3 is 1.25 bits per heavy atom. The standard InChI is InChI=1S/C8H16N4/c1-7(9)11-3-5-12(6-4-11)8(2)10/h1-6,9-10H2.